The molecule has 0 radical (unpaired) electrons. The Kier molecular flexibility index (Phi) is 4.87. The summed E-state index contributed by atoms with van der Waals surface area (Å²) in [5, 5.41) is 4.64. The molecule has 124 valence electrons. The van der Waals surface area contributed by atoms with Gasteiger partial charge in [-0.2, -0.15) is 5.10 Å². The first-order valence-electron chi connectivity index (χ1n) is 7.58. The first-order chi connectivity index (χ1) is 11.5. The Hall–Kier alpha value is -1.92. The maximum absolute atomic E-state index is 12.6. The zero-order chi connectivity index (χ0) is 17.3. The van der Waals surface area contributed by atoms with Gasteiger partial charge in [-0.05, 0) is 54.0 Å². The topological polar surface area (TPSA) is 38.1 Å². The number of carbonyl (C=O) groups is 1. The number of carbonyl (C=O) groups excluding carboxylic acids is 1. The summed E-state index contributed by atoms with van der Waals surface area (Å²) in [7, 11) is 1.83. The molecule has 0 unspecified atom stereocenters. The number of rotatable bonds is 4. The van der Waals surface area contributed by atoms with E-state index >= 15 is 0 Å². The summed E-state index contributed by atoms with van der Waals surface area (Å²) in [6, 6.07) is 13.8. The van der Waals surface area contributed by atoms with Gasteiger partial charge in [0.05, 0.1) is 20.0 Å². The molecule has 0 fully saturated rings. The van der Waals surface area contributed by atoms with Crippen LogP contribution in [0.25, 0.3) is 5.69 Å². The summed E-state index contributed by atoms with van der Waals surface area (Å²) in [5.74, 6) is 0.0250. The Morgan fingerprint density at radius 2 is 1.92 bits per heavy atom. The molecule has 1 aromatic carbocycles. The fourth-order valence-electron chi connectivity index (χ4n) is 2.65. The van der Waals surface area contributed by atoms with Crippen LogP contribution in [0.3, 0.4) is 0 Å². The van der Waals surface area contributed by atoms with Crippen molar-refractivity contribution >= 4 is 33.2 Å². The number of halogens is 1. The zero-order valence-electron chi connectivity index (χ0n) is 13.8. The molecule has 0 saturated carbocycles. The third-order valence-electron chi connectivity index (χ3n) is 3.97. The van der Waals surface area contributed by atoms with E-state index in [9.17, 15) is 4.79 Å². The molecule has 2 aromatic heterocycles. The van der Waals surface area contributed by atoms with Crippen LogP contribution in [0.4, 0.5) is 0 Å². The van der Waals surface area contributed by atoms with E-state index in [1.54, 1.807) is 4.90 Å². The Morgan fingerprint density at radius 3 is 2.54 bits per heavy atom. The first kappa shape index (κ1) is 16.9. The van der Waals surface area contributed by atoms with Crippen LogP contribution in [0.5, 0.6) is 0 Å². The lowest BCUT2D eigenvalue weighted by molar-refractivity contribution is 0.0789. The number of benzene rings is 1. The van der Waals surface area contributed by atoms with Gasteiger partial charge in [-0.1, -0.05) is 18.2 Å². The minimum absolute atomic E-state index is 0.0250. The molecule has 3 rings (SSSR count). The van der Waals surface area contributed by atoms with Gasteiger partial charge in [-0.25, -0.2) is 4.68 Å². The van der Waals surface area contributed by atoms with E-state index in [1.165, 1.54) is 11.3 Å². The minimum Gasteiger partial charge on any atom is -0.337 e. The van der Waals surface area contributed by atoms with Crippen molar-refractivity contribution in [3.63, 3.8) is 0 Å². The lowest BCUT2D eigenvalue weighted by Crippen LogP contribution is -2.26. The van der Waals surface area contributed by atoms with Crippen molar-refractivity contribution < 1.29 is 4.79 Å². The van der Waals surface area contributed by atoms with Gasteiger partial charge >= 0.3 is 0 Å². The van der Waals surface area contributed by atoms with Crippen molar-refractivity contribution in [3.8, 4) is 5.69 Å². The quantitative estimate of drug-likeness (QED) is 0.638. The molecule has 3 aromatic rings. The molecule has 24 heavy (non-hydrogen) atoms. The van der Waals surface area contributed by atoms with Crippen molar-refractivity contribution in [2.75, 3.05) is 7.05 Å². The van der Waals surface area contributed by atoms with Crippen molar-refractivity contribution in [3.05, 3.63) is 68.1 Å². The number of hydrogen-bond donors (Lipinski definition) is 0. The van der Waals surface area contributed by atoms with Crippen LogP contribution >= 0.6 is 27.3 Å². The van der Waals surface area contributed by atoms with Gasteiger partial charge in [0, 0.05) is 24.8 Å². The van der Waals surface area contributed by atoms with Crippen LogP contribution in [0, 0.1) is 13.8 Å². The van der Waals surface area contributed by atoms with E-state index in [0.717, 1.165) is 31.3 Å². The van der Waals surface area contributed by atoms with Crippen molar-refractivity contribution in [2.45, 2.75) is 20.4 Å². The maximum atomic E-state index is 12.6. The van der Waals surface area contributed by atoms with E-state index in [-0.39, 0.29) is 5.91 Å². The van der Waals surface area contributed by atoms with Gasteiger partial charge in [-0.3, -0.25) is 4.79 Å². The molecule has 0 aliphatic rings. The van der Waals surface area contributed by atoms with E-state index in [1.807, 2.05) is 68.0 Å². The fourth-order valence-corrected chi connectivity index (χ4v) is 4.03. The number of para-hydroxylation sites is 1. The molecule has 1 amide bonds. The third-order valence-corrected chi connectivity index (χ3v) is 5.58. The number of aryl methyl sites for hydroxylation is 1. The molecule has 6 heteroatoms. The third kappa shape index (κ3) is 3.30. The van der Waals surface area contributed by atoms with Gasteiger partial charge in [-0.15, -0.1) is 11.3 Å². The number of amides is 1. The SMILES string of the molecule is Cc1nn(-c2ccccc2)c(C)c1CN(C)C(=O)c1ccc(Br)s1. The van der Waals surface area contributed by atoms with Crippen LogP contribution in [0.15, 0.2) is 46.3 Å². The van der Waals surface area contributed by atoms with E-state index in [2.05, 4.69) is 21.0 Å². The normalized spacial score (nSPS) is 10.8. The molecule has 0 spiro atoms. The van der Waals surface area contributed by atoms with Crippen LogP contribution in [-0.4, -0.2) is 27.6 Å². The van der Waals surface area contributed by atoms with Crippen LogP contribution in [-0.2, 0) is 6.54 Å². The Morgan fingerprint density at radius 1 is 1.21 bits per heavy atom. The average Bonchev–Trinajstić information content (AvgIpc) is 3.13. The molecule has 0 N–H and O–H groups in total. The predicted molar refractivity (Wildman–Crippen MR) is 101 cm³/mol. The molecule has 0 aliphatic heterocycles. The maximum Gasteiger partial charge on any atom is 0.264 e. The molecule has 2 heterocycles. The monoisotopic (exact) mass is 403 g/mol. The second kappa shape index (κ2) is 6.91. The van der Waals surface area contributed by atoms with E-state index < -0.39 is 0 Å². The van der Waals surface area contributed by atoms with Crippen molar-refractivity contribution in [1.82, 2.24) is 14.7 Å². The summed E-state index contributed by atoms with van der Waals surface area (Å²) < 4.78 is 2.90. The molecule has 0 aliphatic carbocycles. The highest BCUT2D eigenvalue weighted by Gasteiger charge is 2.19. The molecular weight excluding hydrogens is 386 g/mol. The number of thiophene rings is 1. The molecule has 0 saturated heterocycles. The summed E-state index contributed by atoms with van der Waals surface area (Å²) in [4.78, 5) is 15.0. The highest BCUT2D eigenvalue weighted by molar-refractivity contribution is 9.11. The minimum atomic E-state index is 0.0250. The summed E-state index contributed by atoms with van der Waals surface area (Å²) in [5.41, 5.74) is 4.12. The Balaban J connectivity index is 1.85. The molecular formula is C18H18BrN3OS. The van der Waals surface area contributed by atoms with Crippen LogP contribution in [0.1, 0.15) is 26.6 Å². The summed E-state index contributed by atoms with van der Waals surface area (Å²) >= 11 is 4.85. The van der Waals surface area contributed by atoms with Gasteiger partial charge < -0.3 is 4.90 Å². The van der Waals surface area contributed by atoms with Crippen molar-refractivity contribution in [2.24, 2.45) is 0 Å². The molecule has 4 nitrogen and oxygen atoms in total. The summed E-state index contributed by atoms with van der Waals surface area (Å²) in [6.45, 7) is 4.57. The predicted octanol–water partition coefficient (Wildman–Crippen LogP) is 4.59. The number of nitrogens with zero attached hydrogens (tertiary/aromatic N) is 3. The Labute approximate surface area is 153 Å². The standard InChI is InChI=1S/C18H18BrN3OS/c1-12-15(11-21(3)18(23)16-9-10-17(19)24-16)13(2)22(20-12)14-7-5-4-6-8-14/h4-10H,11H2,1-3H3. The van der Waals surface area contributed by atoms with Gasteiger partial charge in [0.25, 0.3) is 5.91 Å². The lowest BCUT2D eigenvalue weighted by Gasteiger charge is -2.16. The summed E-state index contributed by atoms with van der Waals surface area (Å²) in [6.07, 6.45) is 0. The average molecular weight is 404 g/mol. The van der Waals surface area contributed by atoms with Gasteiger partial charge in [0.2, 0.25) is 0 Å². The molecule has 0 atom stereocenters. The lowest BCUT2D eigenvalue weighted by atomic mass is 10.2. The second-order valence-corrected chi connectivity index (χ2v) is 8.12. The van der Waals surface area contributed by atoms with Gasteiger partial charge in [0.1, 0.15) is 0 Å². The largest absolute Gasteiger partial charge is 0.337 e. The smallest absolute Gasteiger partial charge is 0.264 e. The zero-order valence-corrected chi connectivity index (χ0v) is 16.2. The van der Waals surface area contributed by atoms with E-state index in [0.29, 0.717) is 6.54 Å². The second-order valence-electron chi connectivity index (χ2n) is 5.66. The van der Waals surface area contributed by atoms with Gasteiger partial charge in [0.15, 0.2) is 0 Å². The molecule has 0 bridgehead atoms. The number of aromatic nitrogens is 2. The first-order valence-corrected chi connectivity index (χ1v) is 9.19. The highest BCUT2D eigenvalue weighted by Crippen LogP contribution is 2.24. The fraction of sp³-hybridized carbons (Fsp3) is 0.222. The van der Waals surface area contributed by atoms with Crippen molar-refractivity contribution in [1.29, 1.82) is 0 Å². The van der Waals surface area contributed by atoms with Crippen LogP contribution in [0.2, 0.25) is 0 Å². The van der Waals surface area contributed by atoms with Crippen LogP contribution < -0.4 is 0 Å². The van der Waals surface area contributed by atoms with E-state index in [4.69, 9.17) is 0 Å². The highest BCUT2D eigenvalue weighted by atomic mass is 79.9. The number of hydrogen-bond acceptors (Lipinski definition) is 3. The Bertz CT molecular complexity index is 870.